The SMILES string of the molecule is CC(C)C[C@@H](N[C@H](C(=O)NC(C)(C)C)c1ccccc1)C(=O)O. The highest BCUT2D eigenvalue weighted by Crippen LogP contribution is 2.17. The minimum absolute atomic E-state index is 0.214. The first kappa shape index (κ1) is 19.2. The van der Waals surface area contributed by atoms with Crippen molar-refractivity contribution < 1.29 is 14.7 Å². The van der Waals surface area contributed by atoms with Crippen LogP contribution in [0.2, 0.25) is 0 Å². The van der Waals surface area contributed by atoms with E-state index in [4.69, 9.17) is 0 Å². The number of carboxylic acids is 1. The van der Waals surface area contributed by atoms with Crippen LogP contribution < -0.4 is 10.6 Å². The molecule has 0 aromatic heterocycles. The minimum Gasteiger partial charge on any atom is -0.480 e. The molecule has 0 saturated carbocycles. The van der Waals surface area contributed by atoms with E-state index in [1.165, 1.54) is 0 Å². The van der Waals surface area contributed by atoms with Gasteiger partial charge in [0.05, 0.1) is 0 Å². The first-order chi connectivity index (χ1) is 10.6. The third-order valence-corrected chi connectivity index (χ3v) is 3.27. The lowest BCUT2D eigenvalue weighted by atomic mass is 9.99. The van der Waals surface area contributed by atoms with E-state index in [9.17, 15) is 14.7 Å². The summed E-state index contributed by atoms with van der Waals surface area (Å²) >= 11 is 0. The highest BCUT2D eigenvalue weighted by molar-refractivity contribution is 5.85. The third-order valence-electron chi connectivity index (χ3n) is 3.27. The van der Waals surface area contributed by atoms with Gasteiger partial charge in [-0.2, -0.15) is 0 Å². The van der Waals surface area contributed by atoms with E-state index in [0.717, 1.165) is 5.56 Å². The number of hydrogen-bond acceptors (Lipinski definition) is 3. The van der Waals surface area contributed by atoms with Gasteiger partial charge in [0.1, 0.15) is 12.1 Å². The maximum Gasteiger partial charge on any atom is 0.320 e. The van der Waals surface area contributed by atoms with Crippen LogP contribution >= 0.6 is 0 Å². The summed E-state index contributed by atoms with van der Waals surface area (Å²) in [4.78, 5) is 24.2. The zero-order chi connectivity index (χ0) is 17.6. The molecule has 1 rings (SSSR count). The third kappa shape index (κ3) is 6.82. The normalized spacial score (nSPS) is 14.3. The fourth-order valence-corrected chi connectivity index (χ4v) is 2.32. The van der Waals surface area contributed by atoms with Crippen LogP contribution in [0.3, 0.4) is 0 Å². The van der Waals surface area contributed by atoms with Crippen LogP contribution in [0.1, 0.15) is 52.6 Å². The molecule has 1 aromatic rings. The largest absolute Gasteiger partial charge is 0.480 e. The molecule has 1 amide bonds. The number of hydrogen-bond donors (Lipinski definition) is 3. The monoisotopic (exact) mass is 320 g/mol. The molecule has 0 saturated heterocycles. The predicted molar refractivity (Wildman–Crippen MR) is 91.1 cm³/mol. The molecule has 0 heterocycles. The van der Waals surface area contributed by atoms with Gasteiger partial charge in [0.2, 0.25) is 5.91 Å². The van der Waals surface area contributed by atoms with Crippen LogP contribution in [-0.2, 0) is 9.59 Å². The molecule has 0 aliphatic carbocycles. The van der Waals surface area contributed by atoms with E-state index in [2.05, 4.69) is 10.6 Å². The topological polar surface area (TPSA) is 78.4 Å². The van der Waals surface area contributed by atoms with Crippen molar-refractivity contribution in [3.63, 3.8) is 0 Å². The smallest absolute Gasteiger partial charge is 0.320 e. The highest BCUT2D eigenvalue weighted by Gasteiger charge is 2.29. The van der Waals surface area contributed by atoms with Crippen molar-refractivity contribution in [3.05, 3.63) is 35.9 Å². The second-order valence-corrected chi connectivity index (χ2v) is 7.27. The molecule has 0 unspecified atom stereocenters. The molecule has 0 aliphatic rings. The Kier molecular flexibility index (Phi) is 6.76. The molecule has 5 nitrogen and oxygen atoms in total. The van der Waals surface area contributed by atoms with Crippen molar-refractivity contribution in [2.45, 2.75) is 58.7 Å². The summed E-state index contributed by atoms with van der Waals surface area (Å²) in [6, 6.07) is 7.73. The fourth-order valence-electron chi connectivity index (χ4n) is 2.32. The van der Waals surface area contributed by atoms with Crippen molar-refractivity contribution in [1.29, 1.82) is 0 Å². The molecule has 0 radical (unpaired) electrons. The van der Waals surface area contributed by atoms with Crippen molar-refractivity contribution in [3.8, 4) is 0 Å². The number of rotatable bonds is 7. The molecule has 23 heavy (non-hydrogen) atoms. The molecular weight excluding hydrogens is 292 g/mol. The number of carboxylic acid groups (broad SMARTS) is 1. The van der Waals surface area contributed by atoms with Gasteiger partial charge in [0.25, 0.3) is 0 Å². The van der Waals surface area contributed by atoms with E-state index in [1.54, 1.807) is 0 Å². The maximum absolute atomic E-state index is 12.6. The molecule has 128 valence electrons. The van der Waals surface area contributed by atoms with E-state index < -0.39 is 18.1 Å². The number of nitrogens with one attached hydrogen (secondary N) is 2. The Balaban J connectivity index is 3.04. The Morgan fingerprint density at radius 1 is 1.13 bits per heavy atom. The number of amides is 1. The lowest BCUT2D eigenvalue weighted by Gasteiger charge is -2.28. The Labute approximate surface area is 138 Å². The van der Waals surface area contributed by atoms with E-state index in [0.29, 0.717) is 6.42 Å². The van der Waals surface area contributed by atoms with Crippen molar-refractivity contribution >= 4 is 11.9 Å². The maximum atomic E-state index is 12.6. The van der Waals surface area contributed by atoms with Gasteiger partial charge in [-0.1, -0.05) is 44.2 Å². The Morgan fingerprint density at radius 2 is 1.70 bits per heavy atom. The molecule has 3 N–H and O–H groups in total. The van der Waals surface area contributed by atoms with Crippen molar-refractivity contribution in [1.82, 2.24) is 10.6 Å². The zero-order valence-electron chi connectivity index (χ0n) is 14.6. The summed E-state index contributed by atoms with van der Waals surface area (Å²) in [7, 11) is 0. The predicted octanol–water partition coefficient (Wildman–Crippen LogP) is 2.73. The summed E-state index contributed by atoms with van der Waals surface area (Å²) in [5.41, 5.74) is 0.368. The van der Waals surface area contributed by atoms with E-state index in [-0.39, 0.29) is 17.4 Å². The summed E-state index contributed by atoms with van der Waals surface area (Å²) < 4.78 is 0. The fraction of sp³-hybridized carbons (Fsp3) is 0.556. The molecule has 0 spiro atoms. The summed E-state index contributed by atoms with van der Waals surface area (Å²) in [6.07, 6.45) is 0.460. The second-order valence-electron chi connectivity index (χ2n) is 7.27. The van der Waals surface area contributed by atoms with E-state index >= 15 is 0 Å². The molecule has 0 aliphatic heterocycles. The highest BCUT2D eigenvalue weighted by atomic mass is 16.4. The van der Waals surface area contributed by atoms with Crippen molar-refractivity contribution in [2.75, 3.05) is 0 Å². The van der Waals surface area contributed by atoms with Gasteiger partial charge < -0.3 is 10.4 Å². The van der Waals surface area contributed by atoms with Crippen LogP contribution in [0, 0.1) is 5.92 Å². The van der Waals surface area contributed by atoms with Crippen LogP contribution in [-0.4, -0.2) is 28.6 Å². The molecule has 0 fully saturated rings. The van der Waals surface area contributed by atoms with Gasteiger partial charge in [0.15, 0.2) is 0 Å². The van der Waals surface area contributed by atoms with Gasteiger partial charge in [-0.25, -0.2) is 0 Å². The Bertz CT molecular complexity index is 521. The Morgan fingerprint density at radius 3 is 2.13 bits per heavy atom. The number of aliphatic carboxylic acids is 1. The van der Waals surface area contributed by atoms with Crippen LogP contribution in [0.5, 0.6) is 0 Å². The van der Waals surface area contributed by atoms with E-state index in [1.807, 2.05) is 65.0 Å². The molecule has 2 atom stereocenters. The summed E-state index contributed by atoms with van der Waals surface area (Å²) in [5, 5.41) is 15.4. The first-order valence-electron chi connectivity index (χ1n) is 7.96. The molecule has 5 heteroatoms. The lowest BCUT2D eigenvalue weighted by Crippen LogP contribution is -2.50. The van der Waals surface area contributed by atoms with Gasteiger partial charge in [-0.3, -0.25) is 14.9 Å². The molecule has 1 aromatic carbocycles. The zero-order valence-corrected chi connectivity index (χ0v) is 14.6. The number of carbonyl (C=O) groups excluding carboxylic acids is 1. The minimum atomic E-state index is -0.941. The summed E-state index contributed by atoms with van der Waals surface area (Å²) in [5.74, 6) is -0.951. The molecule has 0 bridgehead atoms. The quantitative estimate of drug-likeness (QED) is 0.722. The Hall–Kier alpha value is -1.88. The van der Waals surface area contributed by atoms with Crippen LogP contribution in [0.25, 0.3) is 0 Å². The lowest BCUT2D eigenvalue weighted by molar-refractivity contribution is -0.140. The standard InChI is InChI=1S/C18H28N2O3/c1-12(2)11-14(17(22)23)19-15(13-9-7-6-8-10-13)16(21)20-18(3,4)5/h6-10,12,14-15,19H,11H2,1-5H3,(H,20,21)(H,22,23)/t14-,15+/m1/s1. The number of carbonyl (C=O) groups is 2. The van der Waals surface area contributed by atoms with Gasteiger partial charge in [0, 0.05) is 5.54 Å². The van der Waals surface area contributed by atoms with Gasteiger partial charge in [-0.15, -0.1) is 0 Å². The second kappa shape index (κ2) is 8.11. The van der Waals surface area contributed by atoms with Gasteiger partial charge >= 0.3 is 5.97 Å². The number of benzene rings is 1. The first-order valence-corrected chi connectivity index (χ1v) is 7.96. The van der Waals surface area contributed by atoms with Crippen LogP contribution in [0.15, 0.2) is 30.3 Å². The van der Waals surface area contributed by atoms with Crippen LogP contribution in [0.4, 0.5) is 0 Å². The average Bonchev–Trinajstić information content (AvgIpc) is 2.41. The van der Waals surface area contributed by atoms with Gasteiger partial charge in [-0.05, 0) is 38.7 Å². The summed E-state index contributed by atoms with van der Waals surface area (Å²) in [6.45, 7) is 9.62. The average molecular weight is 320 g/mol. The molecular formula is C18H28N2O3. The van der Waals surface area contributed by atoms with Crippen molar-refractivity contribution in [2.24, 2.45) is 5.92 Å².